The Kier molecular flexibility index (Phi) is 2.08. The zero-order valence-electron chi connectivity index (χ0n) is 7.05. The van der Waals surface area contributed by atoms with Crippen molar-refractivity contribution < 1.29 is 0 Å². The molecule has 0 unspecified atom stereocenters. The largest absolute Gasteiger partial charge is 0.193 e. The van der Waals surface area contributed by atoms with Gasteiger partial charge < -0.3 is 0 Å². The summed E-state index contributed by atoms with van der Waals surface area (Å²) in [6.07, 6.45) is 3.59. The minimum Gasteiger partial charge on any atom is -0.193 e. The van der Waals surface area contributed by atoms with Crippen molar-refractivity contribution in [2.75, 3.05) is 0 Å². The van der Waals surface area contributed by atoms with Crippen LogP contribution in [0.25, 0.3) is 5.57 Å². The molecule has 1 aromatic rings. The summed E-state index contributed by atoms with van der Waals surface area (Å²) in [4.78, 5) is 0. The Hall–Kier alpha value is -1.26. The Labute approximate surface area is 82.3 Å². The topological polar surface area (TPSA) is 23.8 Å². The first-order valence-corrected chi connectivity index (χ1v) is 4.56. The van der Waals surface area contributed by atoms with E-state index < -0.39 is 0 Å². The van der Waals surface area contributed by atoms with Gasteiger partial charge in [-0.2, -0.15) is 5.26 Å². The molecule has 64 valence electrons. The molecular weight excluding hydrogens is 182 g/mol. The lowest BCUT2D eigenvalue weighted by Crippen LogP contribution is -1.79. The smallest absolute Gasteiger partial charge is 0.0915 e. The van der Waals surface area contributed by atoms with Crippen LogP contribution in [0.1, 0.15) is 17.5 Å². The molecule has 0 bridgehead atoms. The number of hydrogen-bond donors (Lipinski definition) is 0. The Morgan fingerprint density at radius 3 is 3.00 bits per heavy atom. The van der Waals surface area contributed by atoms with Gasteiger partial charge in [0.15, 0.2) is 0 Å². The lowest BCUT2D eigenvalue weighted by Gasteiger charge is -1.99. The predicted octanol–water partition coefficient (Wildman–Crippen LogP) is 3.19. The van der Waals surface area contributed by atoms with Crippen molar-refractivity contribution in [2.45, 2.75) is 12.8 Å². The third kappa shape index (κ3) is 1.46. The fourth-order valence-corrected chi connectivity index (χ4v) is 1.91. The molecule has 0 fully saturated rings. The molecule has 1 aliphatic rings. The van der Waals surface area contributed by atoms with Gasteiger partial charge in [-0.05, 0) is 41.7 Å². The van der Waals surface area contributed by atoms with Crippen LogP contribution < -0.4 is 0 Å². The van der Waals surface area contributed by atoms with Gasteiger partial charge in [0.25, 0.3) is 0 Å². The molecule has 0 radical (unpaired) electrons. The molecule has 0 aliphatic heterocycles. The molecule has 1 aromatic carbocycles. The second kappa shape index (κ2) is 3.24. The van der Waals surface area contributed by atoms with E-state index in [4.69, 9.17) is 16.9 Å². The van der Waals surface area contributed by atoms with E-state index in [0.29, 0.717) is 0 Å². The normalized spacial score (nSPS) is 17.1. The summed E-state index contributed by atoms with van der Waals surface area (Å²) in [6, 6.07) is 7.92. The number of halogens is 1. The zero-order chi connectivity index (χ0) is 9.26. The van der Waals surface area contributed by atoms with Gasteiger partial charge in [0.2, 0.25) is 0 Å². The van der Waals surface area contributed by atoms with Crippen LogP contribution >= 0.6 is 11.6 Å². The highest BCUT2D eigenvalue weighted by Gasteiger charge is 2.15. The van der Waals surface area contributed by atoms with Crippen molar-refractivity contribution in [3.63, 3.8) is 0 Å². The van der Waals surface area contributed by atoms with E-state index in [9.17, 15) is 0 Å². The molecule has 2 heteroatoms. The second-order valence-corrected chi connectivity index (χ2v) is 3.54. The summed E-state index contributed by atoms with van der Waals surface area (Å²) >= 11 is 5.86. The van der Waals surface area contributed by atoms with Gasteiger partial charge in [0.1, 0.15) is 0 Å². The van der Waals surface area contributed by atoms with Crippen molar-refractivity contribution in [2.24, 2.45) is 0 Å². The first-order chi connectivity index (χ1) is 6.31. The highest BCUT2D eigenvalue weighted by Crippen LogP contribution is 2.33. The summed E-state index contributed by atoms with van der Waals surface area (Å²) in [5.74, 6) is 0. The van der Waals surface area contributed by atoms with Crippen molar-refractivity contribution in [3.05, 3.63) is 40.4 Å². The maximum atomic E-state index is 8.55. The third-order valence-electron chi connectivity index (χ3n) is 2.32. The number of benzene rings is 1. The highest BCUT2D eigenvalue weighted by atomic mass is 35.5. The number of nitriles is 1. The fourth-order valence-electron chi connectivity index (χ4n) is 1.71. The third-order valence-corrected chi connectivity index (χ3v) is 2.55. The number of hydrogen-bond acceptors (Lipinski definition) is 1. The summed E-state index contributed by atoms with van der Waals surface area (Å²) < 4.78 is 0. The van der Waals surface area contributed by atoms with Gasteiger partial charge in [-0.25, -0.2) is 0 Å². The van der Waals surface area contributed by atoms with Gasteiger partial charge in [-0.1, -0.05) is 17.7 Å². The first kappa shape index (κ1) is 8.34. The van der Waals surface area contributed by atoms with Crippen LogP contribution in [-0.2, 0) is 6.42 Å². The molecule has 0 atom stereocenters. The van der Waals surface area contributed by atoms with E-state index in [1.54, 1.807) is 6.08 Å². The van der Waals surface area contributed by atoms with Crippen molar-refractivity contribution in [1.29, 1.82) is 5.26 Å². The van der Waals surface area contributed by atoms with E-state index in [0.717, 1.165) is 23.4 Å². The number of fused-ring (bicyclic) bond motifs is 1. The molecule has 1 nitrogen and oxygen atoms in total. The van der Waals surface area contributed by atoms with Gasteiger partial charge in [0.05, 0.1) is 6.07 Å². The standard InChI is InChI=1S/C11H8ClN/c12-10-3-4-11-8(5-6-13)1-2-9(11)7-10/h3-5,7H,1-2H2. The Morgan fingerprint density at radius 2 is 2.23 bits per heavy atom. The van der Waals surface area contributed by atoms with E-state index in [2.05, 4.69) is 6.07 Å². The molecule has 0 N–H and O–H groups in total. The maximum Gasteiger partial charge on any atom is 0.0915 e. The zero-order valence-corrected chi connectivity index (χ0v) is 7.80. The number of rotatable bonds is 0. The molecule has 1 aliphatic carbocycles. The van der Waals surface area contributed by atoms with Crippen LogP contribution in [-0.4, -0.2) is 0 Å². The van der Waals surface area contributed by atoms with Crippen molar-refractivity contribution in [3.8, 4) is 6.07 Å². The fraction of sp³-hybridized carbons (Fsp3) is 0.182. The van der Waals surface area contributed by atoms with E-state index in [-0.39, 0.29) is 0 Å². The van der Waals surface area contributed by atoms with E-state index in [1.807, 2.05) is 18.2 Å². The van der Waals surface area contributed by atoms with Crippen LogP contribution in [0.15, 0.2) is 24.3 Å². The minimum atomic E-state index is 0.775. The average molecular weight is 190 g/mol. The summed E-state index contributed by atoms with van der Waals surface area (Å²) in [6.45, 7) is 0. The Morgan fingerprint density at radius 1 is 1.38 bits per heavy atom. The van der Waals surface area contributed by atoms with Gasteiger partial charge in [-0.3, -0.25) is 0 Å². The van der Waals surface area contributed by atoms with Crippen LogP contribution in [0.4, 0.5) is 0 Å². The number of aryl methyl sites for hydroxylation is 1. The lowest BCUT2D eigenvalue weighted by molar-refractivity contribution is 1.08. The van der Waals surface area contributed by atoms with Crippen LogP contribution in [0.3, 0.4) is 0 Å². The molecule has 0 heterocycles. The molecule has 0 saturated carbocycles. The first-order valence-electron chi connectivity index (χ1n) is 4.19. The summed E-state index contributed by atoms with van der Waals surface area (Å²) in [7, 11) is 0. The molecule has 0 aromatic heterocycles. The molecule has 2 rings (SSSR count). The maximum absolute atomic E-state index is 8.55. The summed E-state index contributed by atoms with van der Waals surface area (Å²) in [5.41, 5.74) is 3.58. The predicted molar refractivity (Wildman–Crippen MR) is 53.4 cm³/mol. The van der Waals surface area contributed by atoms with E-state index >= 15 is 0 Å². The Bertz CT molecular complexity index is 413. The van der Waals surface area contributed by atoms with Gasteiger partial charge in [-0.15, -0.1) is 0 Å². The van der Waals surface area contributed by atoms with Crippen molar-refractivity contribution >= 4 is 17.2 Å². The second-order valence-electron chi connectivity index (χ2n) is 3.10. The van der Waals surface area contributed by atoms with Gasteiger partial charge in [0, 0.05) is 11.1 Å². The SMILES string of the molecule is N#CC=C1CCc2cc(Cl)ccc21. The lowest BCUT2D eigenvalue weighted by atomic mass is 10.1. The molecule has 13 heavy (non-hydrogen) atoms. The van der Waals surface area contributed by atoms with Crippen LogP contribution in [0.2, 0.25) is 5.02 Å². The summed E-state index contributed by atoms with van der Waals surface area (Å²) in [5, 5.41) is 9.33. The molecule has 0 amide bonds. The number of nitrogens with zero attached hydrogens (tertiary/aromatic N) is 1. The molecule has 0 spiro atoms. The van der Waals surface area contributed by atoms with Crippen molar-refractivity contribution in [1.82, 2.24) is 0 Å². The number of allylic oxidation sites excluding steroid dienone is 2. The van der Waals surface area contributed by atoms with Crippen LogP contribution in [0.5, 0.6) is 0 Å². The quantitative estimate of drug-likeness (QED) is 0.575. The average Bonchev–Trinajstić information content (AvgIpc) is 2.49. The monoisotopic (exact) mass is 189 g/mol. The van der Waals surface area contributed by atoms with Gasteiger partial charge >= 0.3 is 0 Å². The highest BCUT2D eigenvalue weighted by molar-refractivity contribution is 6.30. The molecule has 0 saturated heterocycles. The Balaban J connectivity index is 2.51. The molecular formula is C11H8ClN. The minimum absolute atomic E-state index is 0.775. The van der Waals surface area contributed by atoms with E-state index in [1.165, 1.54) is 11.1 Å². The van der Waals surface area contributed by atoms with Crippen LogP contribution in [0, 0.1) is 11.3 Å².